The zero-order valence-electron chi connectivity index (χ0n) is 6.63. The van der Waals surface area contributed by atoms with Crippen molar-refractivity contribution in [3.8, 4) is 0 Å². The summed E-state index contributed by atoms with van der Waals surface area (Å²) >= 11 is 0. The molecule has 60 valence electrons. The minimum absolute atomic E-state index is 0. The summed E-state index contributed by atoms with van der Waals surface area (Å²) in [5.74, 6) is -0.399. The van der Waals surface area contributed by atoms with E-state index in [9.17, 15) is 9.90 Å². The molecule has 7 heteroatoms. The maximum absolute atomic E-state index is 11.0. The van der Waals surface area contributed by atoms with Gasteiger partial charge in [-0.2, -0.15) is 0 Å². The van der Waals surface area contributed by atoms with E-state index in [1.165, 1.54) is 0 Å². The number of hydrogen-bond acceptors (Lipinski definition) is 4. The number of fused-ring (bicyclic) bond motifs is 1. The molecule has 2 amide bonds. The van der Waals surface area contributed by atoms with E-state index in [1.54, 1.807) is 0 Å². The van der Waals surface area contributed by atoms with Gasteiger partial charge in [0.1, 0.15) is 6.17 Å². The number of nitrogens with zero attached hydrogens (tertiary/aromatic N) is 1. The van der Waals surface area contributed by atoms with Crippen LogP contribution in [0.1, 0.15) is 0 Å². The summed E-state index contributed by atoms with van der Waals surface area (Å²) in [4.78, 5) is 13.9. The summed E-state index contributed by atoms with van der Waals surface area (Å²) in [6.45, 7) is 0.525. The first kappa shape index (κ1) is 9.94. The number of hydrogen-bond donors (Lipinski definition) is 3. The fourth-order valence-electron chi connectivity index (χ4n) is 1.21. The van der Waals surface area contributed by atoms with E-state index >= 15 is 0 Å². The van der Waals surface area contributed by atoms with Crippen molar-refractivity contribution in [1.82, 2.24) is 16.0 Å². The number of rotatable bonds is 0. The van der Waals surface area contributed by atoms with Crippen molar-refractivity contribution in [2.24, 2.45) is 4.99 Å². The van der Waals surface area contributed by atoms with Crippen LogP contribution >= 0.6 is 0 Å². The largest absolute Gasteiger partial charge is 1.00 e. The Balaban J connectivity index is 0.000000720. The van der Waals surface area contributed by atoms with E-state index in [4.69, 9.17) is 0 Å². The molecule has 6 nitrogen and oxygen atoms in total. The molecule has 1 saturated heterocycles. The number of nitrogens with one attached hydrogen (secondary N) is 3. The molecular formula is C5H7N4NaO2. The standard InChI is InChI=1S/C5H8N4O2.Na/c10-4-2-3(7-1-6-2)8-5(11)9-4;/h2-3,6-7H,1H2,(H2,8,9,10,11);/q;+1/p-1. The van der Waals surface area contributed by atoms with E-state index < -0.39 is 11.9 Å². The Morgan fingerprint density at radius 1 is 1.50 bits per heavy atom. The van der Waals surface area contributed by atoms with E-state index in [1.807, 2.05) is 0 Å². The average Bonchev–Trinajstić information content (AvgIpc) is 2.34. The molecule has 0 radical (unpaired) electrons. The van der Waals surface area contributed by atoms with Crippen LogP contribution in [0.2, 0.25) is 0 Å². The van der Waals surface area contributed by atoms with Crippen LogP contribution in [0, 0.1) is 0 Å². The zero-order chi connectivity index (χ0) is 7.84. The third-order valence-corrected chi connectivity index (χ3v) is 1.73. The van der Waals surface area contributed by atoms with Crippen LogP contribution < -0.4 is 50.6 Å². The first-order valence-electron chi connectivity index (χ1n) is 3.30. The summed E-state index contributed by atoms with van der Waals surface area (Å²) < 4.78 is 0. The zero-order valence-corrected chi connectivity index (χ0v) is 8.63. The number of aliphatic imine (C=N–C) groups is 1. The third-order valence-electron chi connectivity index (χ3n) is 1.73. The fraction of sp³-hybridized carbons (Fsp3) is 0.600. The van der Waals surface area contributed by atoms with Crippen LogP contribution in [0.4, 0.5) is 4.79 Å². The van der Waals surface area contributed by atoms with Crippen molar-refractivity contribution < 1.29 is 39.5 Å². The number of carbonyl (C=O) groups excluding carboxylic acids is 1. The first-order chi connectivity index (χ1) is 5.27. The molecule has 2 rings (SSSR count). The van der Waals surface area contributed by atoms with E-state index in [0.717, 1.165) is 0 Å². The normalized spacial score (nSPS) is 33.0. The van der Waals surface area contributed by atoms with Crippen LogP contribution in [-0.2, 0) is 0 Å². The Labute approximate surface area is 91.1 Å². The quantitative estimate of drug-likeness (QED) is 0.322. The van der Waals surface area contributed by atoms with Gasteiger partial charge in [0.2, 0.25) is 0 Å². The molecule has 0 aromatic rings. The summed E-state index contributed by atoms with van der Waals surface area (Å²) in [7, 11) is 0. The molecule has 2 unspecified atom stereocenters. The Morgan fingerprint density at radius 3 is 3.00 bits per heavy atom. The Bertz CT molecular complexity index is 231. The molecule has 0 aromatic carbocycles. The number of urea groups is 1. The van der Waals surface area contributed by atoms with Gasteiger partial charge in [0.05, 0.1) is 6.04 Å². The van der Waals surface area contributed by atoms with Gasteiger partial charge < -0.3 is 10.4 Å². The summed E-state index contributed by atoms with van der Waals surface area (Å²) in [5.41, 5.74) is 0. The van der Waals surface area contributed by atoms with E-state index in [0.29, 0.717) is 6.67 Å². The molecule has 0 aliphatic carbocycles. The molecule has 3 N–H and O–H groups in total. The number of amides is 2. The van der Waals surface area contributed by atoms with Crippen LogP contribution in [0.3, 0.4) is 0 Å². The van der Waals surface area contributed by atoms with Gasteiger partial charge >= 0.3 is 35.6 Å². The smallest absolute Gasteiger partial charge is 0.860 e. The van der Waals surface area contributed by atoms with Gasteiger partial charge in [-0.05, 0) is 5.90 Å². The topological polar surface area (TPSA) is 88.6 Å². The predicted molar refractivity (Wildman–Crippen MR) is 34.7 cm³/mol. The molecule has 1 fully saturated rings. The molecule has 0 saturated carbocycles. The molecule has 0 aromatic heterocycles. The fourth-order valence-corrected chi connectivity index (χ4v) is 1.21. The molecule has 0 spiro atoms. The van der Waals surface area contributed by atoms with Gasteiger partial charge in [0, 0.05) is 6.67 Å². The van der Waals surface area contributed by atoms with Crippen molar-refractivity contribution in [2.75, 3.05) is 6.67 Å². The van der Waals surface area contributed by atoms with Gasteiger partial charge in [0.15, 0.2) is 0 Å². The van der Waals surface area contributed by atoms with Gasteiger partial charge in [0.25, 0.3) is 0 Å². The van der Waals surface area contributed by atoms with Gasteiger partial charge in [-0.3, -0.25) is 10.6 Å². The summed E-state index contributed by atoms with van der Waals surface area (Å²) in [6.07, 6.45) is -0.285. The van der Waals surface area contributed by atoms with Crippen LogP contribution in [0.15, 0.2) is 4.99 Å². The molecule has 2 atom stereocenters. The second kappa shape index (κ2) is 3.71. The Hall–Kier alpha value is -0.140. The maximum Gasteiger partial charge on any atom is 1.00 e. The van der Waals surface area contributed by atoms with Crippen molar-refractivity contribution in [3.63, 3.8) is 0 Å². The van der Waals surface area contributed by atoms with Gasteiger partial charge in [-0.25, -0.2) is 9.79 Å². The second-order valence-electron chi connectivity index (χ2n) is 2.44. The maximum atomic E-state index is 11.0. The van der Waals surface area contributed by atoms with Crippen molar-refractivity contribution in [3.05, 3.63) is 0 Å². The molecule has 2 aliphatic heterocycles. The van der Waals surface area contributed by atoms with E-state index in [-0.39, 0.29) is 41.8 Å². The number of carbonyl (C=O) groups is 1. The van der Waals surface area contributed by atoms with Gasteiger partial charge in [-0.15, -0.1) is 0 Å². The van der Waals surface area contributed by atoms with E-state index in [2.05, 4.69) is 20.9 Å². The summed E-state index contributed by atoms with van der Waals surface area (Å²) in [6, 6.07) is -0.944. The van der Waals surface area contributed by atoms with Crippen molar-refractivity contribution in [1.29, 1.82) is 0 Å². The van der Waals surface area contributed by atoms with Crippen LogP contribution in [0.5, 0.6) is 0 Å². The third kappa shape index (κ3) is 1.62. The average molecular weight is 178 g/mol. The molecule has 12 heavy (non-hydrogen) atoms. The molecule has 2 heterocycles. The predicted octanol–water partition coefficient (Wildman–Crippen LogP) is -5.68. The van der Waals surface area contributed by atoms with Crippen LogP contribution in [-0.4, -0.2) is 30.8 Å². The molecule has 2 aliphatic rings. The SMILES string of the molecule is O=C1N=C([O-])C2NCNC2N1.[Na+]. The molecular weight excluding hydrogens is 171 g/mol. The minimum atomic E-state index is -0.563. The Morgan fingerprint density at radius 2 is 2.25 bits per heavy atom. The van der Waals surface area contributed by atoms with Crippen molar-refractivity contribution in [2.45, 2.75) is 12.2 Å². The second-order valence-corrected chi connectivity index (χ2v) is 2.44. The minimum Gasteiger partial charge on any atom is -0.860 e. The summed E-state index contributed by atoms with van der Waals surface area (Å²) in [5, 5.41) is 19.2. The van der Waals surface area contributed by atoms with Crippen molar-refractivity contribution >= 4 is 11.9 Å². The Kier molecular flexibility index (Phi) is 3.08. The molecule has 0 bridgehead atoms. The van der Waals surface area contributed by atoms with Crippen LogP contribution in [0.25, 0.3) is 0 Å². The monoisotopic (exact) mass is 178 g/mol. The van der Waals surface area contributed by atoms with Gasteiger partial charge in [-0.1, -0.05) is 0 Å². The first-order valence-corrected chi connectivity index (χ1v) is 3.30.